The summed E-state index contributed by atoms with van der Waals surface area (Å²) in [6.45, 7) is 1.32. The lowest BCUT2D eigenvalue weighted by molar-refractivity contribution is -0.140. The highest BCUT2D eigenvalue weighted by molar-refractivity contribution is 7.92. The molecule has 0 unspecified atom stereocenters. The van der Waals surface area contributed by atoms with E-state index in [1.807, 2.05) is 43.3 Å². The fourth-order valence-corrected chi connectivity index (χ4v) is 7.28. The first kappa shape index (κ1) is 33.7. The summed E-state index contributed by atoms with van der Waals surface area (Å²) in [5.41, 5.74) is 2.75. The summed E-state index contributed by atoms with van der Waals surface area (Å²) in [6.07, 6.45) is 4.00. The van der Waals surface area contributed by atoms with Gasteiger partial charge in [-0.05, 0) is 79.4 Å². The highest BCUT2D eigenvalue weighted by Gasteiger charge is 2.35. The van der Waals surface area contributed by atoms with Crippen LogP contribution < -0.4 is 14.4 Å². The van der Waals surface area contributed by atoms with E-state index >= 15 is 0 Å². The lowest BCUT2D eigenvalue weighted by atomic mass is 10.0. The van der Waals surface area contributed by atoms with Crippen LogP contribution in [0.3, 0.4) is 0 Å². The van der Waals surface area contributed by atoms with Crippen molar-refractivity contribution < 1.29 is 27.1 Å². The minimum absolute atomic E-state index is 0.0115. The molecule has 1 saturated carbocycles. The van der Waals surface area contributed by atoms with Crippen LogP contribution in [0.25, 0.3) is 0 Å². The van der Waals surface area contributed by atoms with Gasteiger partial charge in [0.25, 0.3) is 10.0 Å². The highest BCUT2D eigenvalue weighted by atomic mass is 32.2. The summed E-state index contributed by atoms with van der Waals surface area (Å²) >= 11 is 0. The number of anilines is 1. The standard InChI is InChI=1S/C37H40FN3O5S/c1-27-15-19-32(20-16-27)41(47(44,45)34-21-17-30(38)18-22-34)26-36(42)40(25-29-11-8-14-33(23-29)46-2)35(24-28-9-4-3-5-10-28)37(43)39-31-12-6-7-13-31/h3-5,8-11,14-23,31,35H,6-7,12-13,24-26H2,1-2H3,(H,39,43)/t35-/m1/s1. The van der Waals surface area contributed by atoms with Crippen molar-refractivity contribution in [2.75, 3.05) is 18.0 Å². The number of halogens is 1. The molecule has 47 heavy (non-hydrogen) atoms. The maximum absolute atomic E-state index is 14.6. The van der Waals surface area contributed by atoms with Gasteiger partial charge in [-0.1, -0.05) is 73.0 Å². The highest BCUT2D eigenvalue weighted by Crippen LogP contribution is 2.26. The van der Waals surface area contributed by atoms with Gasteiger partial charge >= 0.3 is 0 Å². The maximum atomic E-state index is 14.6. The summed E-state index contributed by atoms with van der Waals surface area (Å²) in [5, 5.41) is 3.17. The number of rotatable bonds is 13. The van der Waals surface area contributed by atoms with Gasteiger partial charge in [-0.15, -0.1) is 0 Å². The number of hydrogen-bond donors (Lipinski definition) is 1. The quantitative estimate of drug-likeness (QED) is 0.189. The third-order valence-electron chi connectivity index (χ3n) is 8.46. The van der Waals surface area contributed by atoms with Crippen molar-refractivity contribution in [3.63, 3.8) is 0 Å². The summed E-state index contributed by atoms with van der Waals surface area (Å²) in [5.74, 6) is -0.852. The Bertz CT molecular complexity index is 1760. The van der Waals surface area contributed by atoms with Crippen LogP contribution in [0.15, 0.2) is 108 Å². The first-order valence-electron chi connectivity index (χ1n) is 15.8. The van der Waals surface area contributed by atoms with Crippen LogP contribution in [0.1, 0.15) is 42.4 Å². The predicted molar refractivity (Wildman–Crippen MR) is 180 cm³/mol. The number of sulfonamides is 1. The van der Waals surface area contributed by atoms with E-state index in [-0.39, 0.29) is 35.5 Å². The van der Waals surface area contributed by atoms with Gasteiger partial charge in [-0.25, -0.2) is 12.8 Å². The number of methoxy groups -OCH3 is 1. The normalized spacial score (nSPS) is 13.9. The van der Waals surface area contributed by atoms with E-state index in [0.29, 0.717) is 11.3 Å². The van der Waals surface area contributed by atoms with E-state index in [0.717, 1.165) is 53.2 Å². The van der Waals surface area contributed by atoms with Crippen molar-refractivity contribution in [2.45, 2.75) is 62.6 Å². The summed E-state index contributed by atoms with van der Waals surface area (Å²) in [4.78, 5) is 30.0. The second kappa shape index (κ2) is 15.3. The zero-order valence-corrected chi connectivity index (χ0v) is 27.5. The zero-order chi connectivity index (χ0) is 33.4. The van der Waals surface area contributed by atoms with Crippen molar-refractivity contribution in [3.8, 4) is 5.75 Å². The van der Waals surface area contributed by atoms with Gasteiger partial charge in [-0.2, -0.15) is 0 Å². The second-order valence-electron chi connectivity index (χ2n) is 11.9. The average molecular weight is 658 g/mol. The van der Waals surface area contributed by atoms with E-state index in [1.54, 1.807) is 49.6 Å². The van der Waals surface area contributed by atoms with E-state index in [9.17, 15) is 22.4 Å². The van der Waals surface area contributed by atoms with Crippen molar-refractivity contribution >= 4 is 27.5 Å². The molecule has 0 aromatic heterocycles. The monoisotopic (exact) mass is 657 g/mol. The summed E-state index contributed by atoms with van der Waals surface area (Å²) < 4.78 is 48.4. The number of nitrogens with one attached hydrogen (secondary N) is 1. The molecule has 4 aromatic rings. The molecule has 0 spiro atoms. The fraction of sp³-hybridized carbons (Fsp3) is 0.297. The van der Waals surface area contributed by atoms with Crippen LogP contribution in [0.4, 0.5) is 10.1 Å². The molecule has 0 saturated heterocycles. The van der Waals surface area contributed by atoms with Gasteiger partial charge in [0, 0.05) is 19.0 Å². The van der Waals surface area contributed by atoms with Crippen molar-refractivity contribution in [2.24, 2.45) is 0 Å². The molecule has 0 heterocycles. The minimum atomic E-state index is -4.32. The van der Waals surface area contributed by atoms with Crippen LogP contribution in [0.2, 0.25) is 0 Å². The molecule has 1 aliphatic rings. The van der Waals surface area contributed by atoms with Crippen LogP contribution in [0.5, 0.6) is 5.75 Å². The SMILES string of the molecule is COc1cccc(CN(C(=O)CN(c2ccc(C)cc2)S(=O)(=O)c2ccc(F)cc2)[C@H](Cc2ccccc2)C(=O)NC2CCCC2)c1. The largest absolute Gasteiger partial charge is 0.497 e. The molecule has 1 N–H and O–H groups in total. The number of ether oxygens (including phenoxy) is 1. The smallest absolute Gasteiger partial charge is 0.264 e. The second-order valence-corrected chi connectivity index (χ2v) is 13.7. The Kier molecular flexibility index (Phi) is 10.9. The maximum Gasteiger partial charge on any atom is 0.264 e. The number of nitrogens with zero attached hydrogens (tertiary/aromatic N) is 2. The predicted octanol–water partition coefficient (Wildman–Crippen LogP) is 6.04. The Hall–Kier alpha value is -4.70. The molecule has 2 amide bonds. The van der Waals surface area contributed by atoms with Gasteiger partial charge in [0.15, 0.2) is 0 Å². The number of carbonyl (C=O) groups excluding carboxylic acids is 2. The van der Waals surface area contributed by atoms with Crippen molar-refractivity contribution in [3.05, 3.63) is 126 Å². The molecule has 1 atom stereocenters. The molecule has 8 nitrogen and oxygen atoms in total. The lowest BCUT2D eigenvalue weighted by Gasteiger charge is -2.34. The van der Waals surface area contributed by atoms with Crippen LogP contribution in [-0.2, 0) is 32.6 Å². The number of aryl methyl sites for hydroxylation is 1. The van der Waals surface area contributed by atoms with Gasteiger partial charge in [0.05, 0.1) is 17.7 Å². The van der Waals surface area contributed by atoms with Crippen molar-refractivity contribution in [1.82, 2.24) is 10.2 Å². The van der Waals surface area contributed by atoms with Crippen LogP contribution in [0, 0.1) is 12.7 Å². The number of amides is 2. The molecule has 246 valence electrons. The Morgan fingerprint density at radius 1 is 0.894 bits per heavy atom. The fourth-order valence-electron chi connectivity index (χ4n) is 5.86. The summed E-state index contributed by atoms with van der Waals surface area (Å²) in [7, 11) is -2.77. The van der Waals surface area contributed by atoms with Crippen molar-refractivity contribution in [1.29, 1.82) is 0 Å². The molecular formula is C37H40FN3O5S. The Morgan fingerprint density at radius 2 is 1.55 bits per heavy atom. The third kappa shape index (κ3) is 8.56. The third-order valence-corrected chi connectivity index (χ3v) is 10.3. The molecular weight excluding hydrogens is 617 g/mol. The Labute approximate surface area is 276 Å². The Morgan fingerprint density at radius 3 is 2.21 bits per heavy atom. The van der Waals surface area contributed by atoms with Crippen LogP contribution >= 0.6 is 0 Å². The van der Waals surface area contributed by atoms with E-state index in [1.165, 1.54) is 17.0 Å². The molecule has 0 bridgehead atoms. The topological polar surface area (TPSA) is 96.0 Å². The van der Waals surface area contributed by atoms with Gasteiger partial charge < -0.3 is 15.0 Å². The summed E-state index contributed by atoms with van der Waals surface area (Å²) in [6, 6.07) is 27.0. The van der Waals surface area contributed by atoms with E-state index < -0.39 is 34.3 Å². The molecule has 4 aromatic carbocycles. The zero-order valence-electron chi connectivity index (χ0n) is 26.6. The van der Waals surface area contributed by atoms with E-state index in [2.05, 4.69) is 5.32 Å². The molecule has 1 aliphatic carbocycles. The average Bonchev–Trinajstić information content (AvgIpc) is 3.59. The molecule has 10 heteroatoms. The molecule has 1 fully saturated rings. The Balaban J connectivity index is 1.57. The molecule has 5 rings (SSSR count). The lowest BCUT2D eigenvalue weighted by Crippen LogP contribution is -2.54. The first-order chi connectivity index (χ1) is 22.6. The number of carbonyl (C=O) groups is 2. The van der Waals surface area contributed by atoms with Crippen LogP contribution in [-0.4, -0.2) is 50.9 Å². The van der Waals surface area contributed by atoms with Gasteiger partial charge in [0.2, 0.25) is 11.8 Å². The van der Waals surface area contributed by atoms with Gasteiger partial charge in [0.1, 0.15) is 24.2 Å². The molecule has 0 radical (unpaired) electrons. The van der Waals surface area contributed by atoms with E-state index in [4.69, 9.17) is 4.74 Å². The first-order valence-corrected chi connectivity index (χ1v) is 17.2. The van der Waals surface area contributed by atoms with Gasteiger partial charge in [-0.3, -0.25) is 13.9 Å². The minimum Gasteiger partial charge on any atom is -0.497 e. The molecule has 0 aliphatic heterocycles. The number of benzene rings is 4. The number of hydrogen-bond acceptors (Lipinski definition) is 5.